The Morgan fingerprint density at radius 1 is 0.625 bits per heavy atom. The summed E-state index contributed by atoms with van der Waals surface area (Å²) < 4.78 is 11.4. The lowest BCUT2D eigenvalue weighted by Gasteiger charge is -2.08. The van der Waals surface area contributed by atoms with Crippen molar-refractivity contribution in [2.24, 2.45) is 0 Å². The smallest absolute Gasteiger partial charge is 0.137 e. The van der Waals surface area contributed by atoms with E-state index < -0.39 is 0 Å². The predicted molar refractivity (Wildman–Crippen MR) is 136 cm³/mol. The van der Waals surface area contributed by atoms with Crippen LogP contribution >= 0.6 is 0 Å². The summed E-state index contributed by atoms with van der Waals surface area (Å²) in [5, 5.41) is 0. The molecule has 178 valence electrons. The predicted octanol–water partition coefficient (Wildman–Crippen LogP) is 8.41. The first kappa shape index (κ1) is 26.4. The summed E-state index contributed by atoms with van der Waals surface area (Å²) in [5.41, 5.74) is 3.57. The van der Waals surface area contributed by atoms with E-state index in [0.29, 0.717) is 13.2 Å². The third-order valence-corrected chi connectivity index (χ3v) is 5.94. The minimum Gasteiger partial charge on any atom is -0.490 e. The standard InChI is InChI=1S/C29H45NO2/c1-3-5-7-9-11-13-15-26-16-18-27(19-17-26)29-21-20-28(25-30-29)32-24-23-31-22-14-12-10-8-6-4-2/h16-21,25H,3-15,22-24H2,1-2H3. The Morgan fingerprint density at radius 2 is 1.28 bits per heavy atom. The normalized spacial score (nSPS) is 11.1. The molecule has 0 unspecified atom stereocenters. The van der Waals surface area contributed by atoms with E-state index in [2.05, 4.69) is 43.1 Å². The molecule has 0 fully saturated rings. The number of aryl methyl sites for hydroxylation is 1. The minimum atomic E-state index is 0.573. The number of pyridine rings is 1. The van der Waals surface area contributed by atoms with Crippen molar-refractivity contribution in [1.29, 1.82) is 0 Å². The second-order valence-electron chi connectivity index (χ2n) is 8.82. The van der Waals surface area contributed by atoms with Crippen LogP contribution in [-0.4, -0.2) is 24.8 Å². The van der Waals surface area contributed by atoms with Gasteiger partial charge in [0.1, 0.15) is 12.4 Å². The van der Waals surface area contributed by atoms with Crippen LogP contribution in [0.2, 0.25) is 0 Å². The number of unbranched alkanes of at least 4 members (excludes halogenated alkanes) is 10. The zero-order chi connectivity index (χ0) is 22.7. The molecule has 3 nitrogen and oxygen atoms in total. The van der Waals surface area contributed by atoms with Crippen LogP contribution in [-0.2, 0) is 11.2 Å². The van der Waals surface area contributed by atoms with E-state index in [9.17, 15) is 0 Å². The lowest BCUT2D eigenvalue weighted by Crippen LogP contribution is -2.07. The van der Waals surface area contributed by atoms with E-state index in [1.54, 1.807) is 0 Å². The van der Waals surface area contributed by atoms with Crippen molar-refractivity contribution in [3.63, 3.8) is 0 Å². The van der Waals surface area contributed by atoms with E-state index >= 15 is 0 Å². The maximum Gasteiger partial charge on any atom is 0.137 e. The Hall–Kier alpha value is -1.87. The van der Waals surface area contributed by atoms with Crippen LogP contribution < -0.4 is 4.74 Å². The van der Waals surface area contributed by atoms with Crippen LogP contribution in [0.3, 0.4) is 0 Å². The highest BCUT2D eigenvalue weighted by molar-refractivity contribution is 5.59. The number of nitrogens with zero attached hydrogens (tertiary/aromatic N) is 1. The van der Waals surface area contributed by atoms with Gasteiger partial charge < -0.3 is 9.47 Å². The van der Waals surface area contributed by atoms with Crippen molar-refractivity contribution in [2.75, 3.05) is 19.8 Å². The summed E-state index contributed by atoms with van der Waals surface area (Å²) in [5.74, 6) is 0.802. The van der Waals surface area contributed by atoms with Gasteiger partial charge in [-0.3, -0.25) is 4.98 Å². The summed E-state index contributed by atoms with van der Waals surface area (Å²) in [4.78, 5) is 4.58. The molecule has 32 heavy (non-hydrogen) atoms. The lowest BCUT2D eigenvalue weighted by molar-refractivity contribution is 0.0969. The average molecular weight is 440 g/mol. The largest absolute Gasteiger partial charge is 0.490 e. The second kappa shape index (κ2) is 17.7. The molecule has 0 aliphatic carbocycles. The zero-order valence-corrected chi connectivity index (χ0v) is 20.6. The van der Waals surface area contributed by atoms with E-state index in [1.807, 2.05) is 18.3 Å². The van der Waals surface area contributed by atoms with Gasteiger partial charge >= 0.3 is 0 Å². The molecule has 0 aliphatic rings. The van der Waals surface area contributed by atoms with Gasteiger partial charge in [-0.1, -0.05) is 102 Å². The highest BCUT2D eigenvalue weighted by Crippen LogP contribution is 2.21. The van der Waals surface area contributed by atoms with Gasteiger partial charge in [0.15, 0.2) is 0 Å². The molecule has 1 heterocycles. The number of aromatic nitrogens is 1. The fourth-order valence-electron chi connectivity index (χ4n) is 3.89. The quantitative estimate of drug-likeness (QED) is 0.206. The van der Waals surface area contributed by atoms with Crippen molar-refractivity contribution < 1.29 is 9.47 Å². The molecule has 3 heteroatoms. The van der Waals surface area contributed by atoms with Crippen LogP contribution in [0.15, 0.2) is 42.6 Å². The number of ether oxygens (including phenoxy) is 2. The van der Waals surface area contributed by atoms with Crippen LogP contribution in [0.1, 0.15) is 96.5 Å². The van der Waals surface area contributed by atoms with Gasteiger partial charge in [-0.05, 0) is 37.0 Å². The third-order valence-electron chi connectivity index (χ3n) is 5.94. The zero-order valence-electron chi connectivity index (χ0n) is 20.6. The first-order valence-electron chi connectivity index (χ1n) is 13.1. The molecule has 0 bridgehead atoms. The van der Waals surface area contributed by atoms with Crippen LogP contribution in [0, 0.1) is 0 Å². The first-order valence-corrected chi connectivity index (χ1v) is 13.1. The number of hydrogen-bond acceptors (Lipinski definition) is 3. The fourth-order valence-corrected chi connectivity index (χ4v) is 3.89. The van der Waals surface area contributed by atoms with E-state index in [1.165, 1.54) is 82.6 Å². The fraction of sp³-hybridized carbons (Fsp3) is 0.621. The van der Waals surface area contributed by atoms with Crippen LogP contribution in [0.5, 0.6) is 5.75 Å². The van der Waals surface area contributed by atoms with Gasteiger partial charge in [0.05, 0.1) is 18.5 Å². The summed E-state index contributed by atoms with van der Waals surface area (Å²) >= 11 is 0. The number of benzene rings is 1. The SMILES string of the molecule is CCCCCCCCOCCOc1ccc(-c2ccc(CCCCCCCC)cc2)nc1. The molecule has 0 saturated heterocycles. The molecule has 1 aromatic heterocycles. The highest BCUT2D eigenvalue weighted by atomic mass is 16.5. The van der Waals surface area contributed by atoms with Gasteiger partial charge in [0.2, 0.25) is 0 Å². The molecule has 2 aromatic rings. The van der Waals surface area contributed by atoms with Crippen molar-refractivity contribution in [1.82, 2.24) is 4.98 Å². The number of rotatable bonds is 19. The van der Waals surface area contributed by atoms with Gasteiger partial charge in [0, 0.05) is 12.2 Å². The molecular formula is C29H45NO2. The Balaban J connectivity index is 1.59. The Bertz CT molecular complexity index is 681. The first-order chi connectivity index (χ1) is 15.8. The summed E-state index contributed by atoms with van der Waals surface area (Å²) in [7, 11) is 0. The topological polar surface area (TPSA) is 31.4 Å². The monoisotopic (exact) mass is 439 g/mol. The second-order valence-corrected chi connectivity index (χ2v) is 8.82. The minimum absolute atomic E-state index is 0.573. The van der Waals surface area contributed by atoms with E-state index in [0.717, 1.165) is 30.0 Å². The molecular weight excluding hydrogens is 394 g/mol. The lowest BCUT2D eigenvalue weighted by atomic mass is 10.0. The third kappa shape index (κ3) is 11.7. The molecule has 0 aliphatic heterocycles. The van der Waals surface area contributed by atoms with Crippen molar-refractivity contribution in [3.8, 4) is 17.0 Å². The Kier molecular flexibility index (Phi) is 14.6. The molecule has 0 radical (unpaired) electrons. The van der Waals surface area contributed by atoms with Crippen LogP contribution in [0.25, 0.3) is 11.3 Å². The number of hydrogen-bond donors (Lipinski definition) is 0. The van der Waals surface area contributed by atoms with Gasteiger partial charge in [-0.2, -0.15) is 0 Å². The van der Waals surface area contributed by atoms with Crippen molar-refractivity contribution in [3.05, 3.63) is 48.2 Å². The van der Waals surface area contributed by atoms with Gasteiger partial charge in [-0.15, -0.1) is 0 Å². The maximum absolute atomic E-state index is 5.77. The van der Waals surface area contributed by atoms with Gasteiger partial charge in [0.25, 0.3) is 0 Å². The molecule has 2 rings (SSSR count). The summed E-state index contributed by atoms with van der Waals surface area (Å²) in [6, 6.07) is 12.9. The summed E-state index contributed by atoms with van der Waals surface area (Å²) in [6.07, 6.45) is 18.8. The van der Waals surface area contributed by atoms with Crippen molar-refractivity contribution >= 4 is 0 Å². The molecule has 0 spiro atoms. The Morgan fingerprint density at radius 3 is 1.94 bits per heavy atom. The molecule has 0 amide bonds. The van der Waals surface area contributed by atoms with E-state index in [4.69, 9.17) is 9.47 Å². The van der Waals surface area contributed by atoms with Gasteiger partial charge in [-0.25, -0.2) is 0 Å². The van der Waals surface area contributed by atoms with Crippen LogP contribution in [0.4, 0.5) is 0 Å². The maximum atomic E-state index is 5.77. The summed E-state index contributed by atoms with van der Waals surface area (Å²) in [6.45, 7) is 6.56. The Labute approximate surface area is 197 Å². The molecule has 0 atom stereocenters. The molecule has 0 saturated carbocycles. The van der Waals surface area contributed by atoms with E-state index in [-0.39, 0.29) is 0 Å². The molecule has 0 N–H and O–H groups in total. The average Bonchev–Trinajstić information content (AvgIpc) is 2.83. The van der Waals surface area contributed by atoms with Crippen molar-refractivity contribution in [2.45, 2.75) is 97.3 Å². The highest BCUT2D eigenvalue weighted by Gasteiger charge is 2.02. The molecule has 1 aromatic carbocycles.